The summed E-state index contributed by atoms with van der Waals surface area (Å²) in [5.74, 6) is 0.911. The Labute approximate surface area is 142 Å². The molecule has 1 N–H and O–H groups in total. The number of ether oxygens (including phenoxy) is 2. The van der Waals surface area contributed by atoms with Crippen molar-refractivity contribution in [2.75, 3.05) is 40.4 Å². The number of alkyl halides is 3. The smallest absolute Gasteiger partial charge is 0.390 e. The van der Waals surface area contributed by atoms with E-state index >= 15 is 0 Å². The van der Waals surface area contributed by atoms with E-state index in [2.05, 4.69) is 21.2 Å². The lowest BCUT2D eigenvalue weighted by Gasteiger charge is -2.36. The van der Waals surface area contributed by atoms with Gasteiger partial charge in [0.05, 0.1) is 25.1 Å². The van der Waals surface area contributed by atoms with Gasteiger partial charge in [-0.1, -0.05) is 0 Å². The number of halogens is 4. The van der Waals surface area contributed by atoms with Crippen molar-refractivity contribution in [3.8, 4) is 11.5 Å². The summed E-state index contributed by atoms with van der Waals surface area (Å²) in [6.07, 6.45) is -5.19. The lowest BCUT2D eigenvalue weighted by molar-refractivity contribution is -0.148. The van der Waals surface area contributed by atoms with Crippen LogP contribution < -0.4 is 14.8 Å². The molecule has 0 amide bonds. The average Bonchev–Trinajstić information content (AvgIpc) is 2.52. The number of nitrogens with one attached hydrogen (secondary N) is 1. The van der Waals surface area contributed by atoms with Gasteiger partial charge in [0, 0.05) is 37.8 Å². The summed E-state index contributed by atoms with van der Waals surface area (Å²) in [6, 6.07) is 2.48. The highest BCUT2D eigenvalue weighted by Gasteiger charge is 2.37. The third kappa shape index (κ3) is 4.74. The highest BCUT2D eigenvalue weighted by Crippen LogP contribution is 2.42. The van der Waals surface area contributed by atoms with Gasteiger partial charge in [0.15, 0.2) is 0 Å². The van der Waals surface area contributed by atoms with Gasteiger partial charge >= 0.3 is 6.18 Å². The minimum Gasteiger partial charge on any atom is -0.496 e. The Morgan fingerprint density at radius 2 is 1.78 bits per heavy atom. The minimum absolute atomic E-state index is 0.422. The molecule has 2 rings (SSSR count). The maximum absolute atomic E-state index is 13.1. The first-order valence-electron chi connectivity index (χ1n) is 7.28. The summed E-state index contributed by atoms with van der Waals surface area (Å²) in [5.41, 5.74) is 0.492. The van der Waals surface area contributed by atoms with Crippen LogP contribution in [0, 0.1) is 0 Å². The zero-order chi connectivity index (χ0) is 17.0. The van der Waals surface area contributed by atoms with Gasteiger partial charge in [0.25, 0.3) is 0 Å². The molecule has 1 saturated heterocycles. The Balaban J connectivity index is 2.44. The highest BCUT2D eigenvalue weighted by molar-refractivity contribution is 9.10. The van der Waals surface area contributed by atoms with Crippen LogP contribution in [0.4, 0.5) is 13.2 Å². The van der Waals surface area contributed by atoms with Crippen molar-refractivity contribution in [3.63, 3.8) is 0 Å². The fraction of sp³-hybridized carbons (Fsp3) is 0.600. The van der Waals surface area contributed by atoms with Crippen molar-refractivity contribution in [1.29, 1.82) is 0 Å². The Morgan fingerprint density at radius 1 is 1.17 bits per heavy atom. The Morgan fingerprint density at radius 3 is 2.30 bits per heavy atom. The van der Waals surface area contributed by atoms with Crippen molar-refractivity contribution in [2.45, 2.75) is 18.6 Å². The maximum Gasteiger partial charge on any atom is 0.390 e. The van der Waals surface area contributed by atoms with Gasteiger partial charge in [-0.3, -0.25) is 4.90 Å². The van der Waals surface area contributed by atoms with Gasteiger partial charge in [-0.2, -0.15) is 13.2 Å². The van der Waals surface area contributed by atoms with Crippen LogP contribution in [-0.2, 0) is 0 Å². The van der Waals surface area contributed by atoms with E-state index in [1.165, 1.54) is 14.2 Å². The van der Waals surface area contributed by atoms with Crippen molar-refractivity contribution < 1.29 is 22.6 Å². The predicted octanol–water partition coefficient (Wildman–Crippen LogP) is 3.37. The van der Waals surface area contributed by atoms with Crippen molar-refractivity contribution in [1.82, 2.24) is 10.2 Å². The standard InChI is InChI=1S/C15H20BrF3N2O2/c1-22-13-8-11(16)14(23-2)7-10(13)12(9-15(17,18)19)21-5-3-20-4-6-21/h7-8,12,20H,3-6,9H2,1-2H3/t12-/m1/s1. The molecule has 0 saturated carbocycles. The molecule has 0 bridgehead atoms. The van der Waals surface area contributed by atoms with Gasteiger partial charge < -0.3 is 14.8 Å². The number of hydrogen-bond donors (Lipinski definition) is 1. The van der Waals surface area contributed by atoms with Gasteiger partial charge in [0.1, 0.15) is 11.5 Å². The van der Waals surface area contributed by atoms with Gasteiger partial charge in [0.2, 0.25) is 0 Å². The zero-order valence-corrected chi connectivity index (χ0v) is 14.6. The highest BCUT2D eigenvalue weighted by atomic mass is 79.9. The first kappa shape index (κ1) is 18.4. The third-order valence-corrected chi connectivity index (χ3v) is 4.50. The number of rotatable bonds is 5. The third-order valence-electron chi connectivity index (χ3n) is 3.88. The van der Waals surface area contributed by atoms with Gasteiger partial charge in [-0.15, -0.1) is 0 Å². The quantitative estimate of drug-likeness (QED) is 0.827. The van der Waals surface area contributed by atoms with Crippen LogP contribution in [0.1, 0.15) is 18.0 Å². The molecule has 1 aliphatic heterocycles. The average molecular weight is 397 g/mol. The molecule has 1 atom stereocenters. The summed E-state index contributed by atoms with van der Waals surface area (Å²) >= 11 is 3.34. The monoisotopic (exact) mass is 396 g/mol. The number of piperazine rings is 1. The van der Waals surface area contributed by atoms with Crippen LogP contribution >= 0.6 is 15.9 Å². The minimum atomic E-state index is -4.26. The molecule has 130 valence electrons. The van der Waals surface area contributed by atoms with E-state index in [1.54, 1.807) is 12.1 Å². The second-order valence-electron chi connectivity index (χ2n) is 5.35. The molecule has 1 fully saturated rings. The fourth-order valence-corrected chi connectivity index (χ4v) is 3.28. The van der Waals surface area contributed by atoms with Crippen LogP contribution in [0.3, 0.4) is 0 Å². The van der Waals surface area contributed by atoms with E-state index in [0.29, 0.717) is 47.7 Å². The van der Waals surface area contributed by atoms with Crippen molar-refractivity contribution >= 4 is 15.9 Å². The van der Waals surface area contributed by atoms with E-state index in [1.807, 2.05) is 4.90 Å². The van der Waals surface area contributed by atoms with E-state index in [4.69, 9.17) is 9.47 Å². The summed E-state index contributed by atoms with van der Waals surface area (Å²) < 4.78 is 50.6. The first-order valence-corrected chi connectivity index (χ1v) is 8.08. The van der Waals surface area contributed by atoms with E-state index < -0.39 is 18.6 Å². The Hall–Kier alpha value is -0.990. The van der Waals surface area contributed by atoms with Crippen molar-refractivity contribution in [3.05, 3.63) is 22.2 Å². The van der Waals surface area contributed by atoms with Crippen LogP contribution in [0.2, 0.25) is 0 Å². The second kappa shape index (κ2) is 7.72. The van der Waals surface area contributed by atoms with Crippen molar-refractivity contribution in [2.24, 2.45) is 0 Å². The second-order valence-corrected chi connectivity index (χ2v) is 6.20. The number of benzene rings is 1. The number of methoxy groups -OCH3 is 2. The van der Waals surface area contributed by atoms with E-state index in [-0.39, 0.29) is 0 Å². The van der Waals surface area contributed by atoms with Gasteiger partial charge in [-0.25, -0.2) is 0 Å². The fourth-order valence-electron chi connectivity index (χ4n) is 2.79. The zero-order valence-electron chi connectivity index (χ0n) is 13.0. The summed E-state index contributed by atoms with van der Waals surface area (Å²) in [4.78, 5) is 1.84. The van der Waals surface area contributed by atoms with Gasteiger partial charge in [-0.05, 0) is 28.1 Å². The number of hydrogen-bond acceptors (Lipinski definition) is 4. The molecule has 0 spiro atoms. The van der Waals surface area contributed by atoms with E-state index in [9.17, 15) is 13.2 Å². The molecular weight excluding hydrogens is 377 g/mol. The van der Waals surface area contributed by atoms with Crippen LogP contribution in [0.5, 0.6) is 11.5 Å². The van der Waals surface area contributed by atoms with E-state index in [0.717, 1.165) is 0 Å². The summed E-state index contributed by atoms with van der Waals surface area (Å²) in [6.45, 7) is 2.46. The lowest BCUT2D eigenvalue weighted by Crippen LogP contribution is -2.46. The molecule has 23 heavy (non-hydrogen) atoms. The summed E-state index contributed by atoms with van der Waals surface area (Å²) in [5, 5.41) is 3.16. The Bertz CT molecular complexity index is 534. The molecule has 0 radical (unpaired) electrons. The number of nitrogens with zero attached hydrogens (tertiary/aromatic N) is 1. The molecule has 1 aromatic rings. The van der Waals surface area contributed by atoms with Crippen LogP contribution in [0.15, 0.2) is 16.6 Å². The largest absolute Gasteiger partial charge is 0.496 e. The lowest BCUT2D eigenvalue weighted by atomic mass is 9.99. The normalized spacial score (nSPS) is 17.8. The molecule has 8 heteroatoms. The molecule has 1 heterocycles. The molecule has 0 unspecified atom stereocenters. The maximum atomic E-state index is 13.1. The topological polar surface area (TPSA) is 33.7 Å². The molecule has 0 aliphatic carbocycles. The molecule has 1 aromatic carbocycles. The van der Waals surface area contributed by atoms with Crippen LogP contribution in [-0.4, -0.2) is 51.5 Å². The predicted molar refractivity (Wildman–Crippen MR) is 85.1 cm³/mol. The molecule has 4 nitrogen and oxygen atoms in total. The molecule has 1 aliphatic rings. The Kier molecular flexibility index (Phi) is 6.16. The van der Waals surface area contributed by atoms with Crippen LogP contribution in [0.25, 0.3) is 0 Å². The molecular formula is C15H20BrF3N2O2. The SMILES string of the molecule is COc1cc([C@@H](CC(F)(F)F)N2CCNCC2)c(OC)cc1Br. The first-order chi connectivity index (χ1) is 10.9. The summed E-state index contributed by atoms with van der Waals surface area (Å²) in [7, 11) is 2.94. The molecule has 0 aromatic heterocycles.